The van der Waals surface area contributed by atoms with E-state index in [4.69, 9.17) is 5.11 Å². The van der Waals surface area contributed by atoms with Crippen LogP contribution in [0.4, 0.5) is 5.69 Å². The van der Waals surface area contributed by atoms with Gasteiger partial charge in [-0.3, -0.25) is 4.79 Å². The molecular formula is C13H15NO3. The van der Waals surface area contributed by atoms with E-state index < -0.39 is 5.97 Å². The number of aromatic carboxylic acids is 1. The van der Waals surface area contributed by atoms with E-state index in [-0.39, 0.29) is 11.5 Å². The van der Waals surface area contributed by atoms with E-state index in [1.54, 1.807) is 30.0 Å². The summed E-state index contributed by atoms with van der Waals surface area (Å²) < 4.78 is 0. The van der Waals surface area contributed by atoms with E-state index in [0.29, 0.717) is 0 Å². The summed E-state index contributed by atoms with van der Waals surface area (Å²) in [4.78, 5) is 24.2. The number of hydrogen-bond donors (Lipinski definition) is 1. The zero-order valence-electron chi connectivity index (χ0n) is 9.77. The molecule has 0 aliphatic carbocycles. The van der Waals surface area contributed by atoms with Crippen molar-refractivity contribution >= 4 is 17.6 Å². The van der Waals surface area contributed by atoms with Gasteiger partial charge in [0, 0.05) is 19.2 Å². The van der Waals surface area contributed by atoms with Crippen molar-refractivity contribution in [1.82, 2.24) is 0 Å². The van der Waals surface area contributed by atoms with E-state index in [2.05, 4.69) is 0 Å². The van der Waals surface area contributed by atoms with Gasteiger partial charge in [-0.25, -0.2) is 4.79 Å². The molecule has 0 unspecified atom stereocenters. The van der Waals surface area contributed by atoms with Crippen molar-refractivity contribution in [3.63, 3.8) is 0 Å². The standard InChI is InChI=1S/C13H15NO3/c1-9(15)14-7-3-2-4-10-8-11(13(16)17)5-6-12(10)14/h5-6,8H,2-4,7H2,1H3,(H,16,17). The Hall–Kier alpha value is -1.84. The molecule has 4 heteroatoms. The average molecular weight is 233 g/mol. The number of carboxylic acid groups (broad SMARTS) is 1. The smallest absolute Gasteiger partial charge is 0.335 e. The van der Waals surface area contributed by atoms with Crippen molar-refractivity contribution in [2.45, 2.75) is 26.2 Å². The minimum atomic E-state index is -0.925. The summed E-state index contributed by atoms with van der Waals surface area (Å²) in [7, 11) is 0. The topological polar surface area (TPSA) is 57.6 Å². The van der Waals surface area contributed by atoms with Gasteiger partial charge in [0.05, 0.1) is 5.56 Å². The predicted molar refractivity (Wildman–Crippen MR) is 64.4 cm³/mol. The molecule has 1 N–H and O–H groups in total. The van der Waals surface area contributed by atoms with Crippen LogP contribution in [0.1, 0.15) is 35.7 Å². The van der Waals surface area contributed by atoms with E-state index in [0.717, 1.165) is 37.1 Å². The third-order valence-corrected chi connectivity index (χ3v) is 3.08. The Morgan fingerprint density at radius 1 is 1.29 bits per heavy atom. The monoisotopic (exact) mass is 233 g/mol. The number of amides is 1. The van der Waals surface area contributed by atoms with Crippen LogP contribution in [0.2, 0.25) is 0 Å². The molecule has 1 amide bonds. The number of benzene rings is 1. The van der Waals surface area contributed by atoms with Crippen LogP contribution in [-0.2, 0) is 11.2 Å². The maximum atomic E-state index is 11.5. The summed E-state index contributed by atoms with van der Waals surface area (Å²) in [5.74, 6) is -0.914. The number of rotatable bonds is 1. The fourth-order valence-electron chi connectivity index (χ4n) is 2.21. The second-order valence-electron chi connectivity index (χ2n) is 4.28. The van der Waals surface area contributed by atoms with Crippen LogP contribution >= 0.6 is 0 Å². The van der Waals surface area contributed by atoms with Crippen LogP contribution in [0.3, 0.4) is 0 Å². The molecule has 0 radical (unpaired) electrons. The van der Waals surface area contributed by atoms with Gasteiger partial charge in [-0.1, -0.05) is 0 Å². The van der Waals surface area contributed by atoms with Gasteiger partial charge >= 0.3 is 5.97 Å². The summed E-state index contributed by atoms with van der Waals surface area (Å²) in [6.45, 7) is 2.26. The lowest BCUT2D eigenvalue weighted by Crippen LogP contribution is -2.29. The lowest BCUT2D eigenvalue weighted by atomic mass is 10.0. The maximum absolute atomic E-state index is 11.5. The minimum absolute atomic E-state index is 0.0104. The van der Waals surface area contributed by atoms with Crippen molar-refractivity contribution in [3.8, 4) is 0 Å². The summed E-state index contributed by atoms with van der Waals surface area (Å²) >= 11 is 0. The first kappa shape index (κ1) is 11.6. The third kappa shape index (κ3) is 2.30. The van der Waals surface area contributed by atoms with Gasteiger partial charge in [0.1, 0.15) is 0 Å². The third-order valence-electron chi connectivity index (χ3n) is 3.08. The number of nitrogens with zero attached hydrogens (tertiary/aromatic N) is 1. The highest BCUT2D eigenvalue weighted by molar-refractivity contribution is 5.94. The van der Waals surface area contributed by atoms with Gasteiger partial charge < -0.3 is 10.0 Å². The van der Waals surface area contributed by atoms with Crippen LogP contribution in [0, 0.1) is 0 Å². The summed E-state index contributed by atoms with van der Waals surface area (Å²) in [5, 5.41) is 8.95. The highest BCUT2D eigenvalue weighted by atomic mass is 16.4. The molecule has 1 heterocycles. The van der Waals surface area contributed by atoms with Crippen LogP contribution in [0.5, 0.6) is 0 Å². The molecule has 0 bridgehead atoms. The Bertz CT molecular complexity index is 468. The molecule has 0 saturated heterocycles. The molecule has 0 atom stereocenters. The largest absolute Gasteiger partial charge is 0.478 e. The number of fused-ring (bicyclic) bond motifs is 1. The quantitative estimate of drug-likeness (QED) is 0.807. The molecule has 0 saturated carbocycles. The molecule has 1 aliphatic rings. The predicted octanol–water partition coefficient (Wildman–Crippen LogP) is 2.07. The van der Waals surface area contributed by atoms with Crippen molar-refractivity contribution in [2.75, 3.05) is 11.4 Å². The van der Waals surface area contributed by atoms with Crippen LogP contribution < -0.4 is 4.90 Å². The van der Waals surface area contributed by atoms with Crippen molar-refractivity contribution in [3.05, 3.63) is 29.3 Å². The van der Waals surface area contributed by atoms with Crippen molar-refractivity contribution in [2.24, 2.45) is 0 Å². The van der Waals surface area contributed by atoms with Gasteiger partial charge in [-0.05, 0) is 43.0 Å². The SMILES string of the molecule is CC(=O)N1CCCCc2cc(C(=O)O)ccc21. The van der Waals surface area contributed by atoms with Gasteiger partial charge in [0.25, 0.3) is 0 Å². The zero-order valence-corrected chi connectivity index (χ0v) is 9.77. The summed E-state index contributed by atoms with van der Waals surface area (Å²) in [6, 6.07) is 4.98. The molecular weight excluding hydrogens is 218 g/mol. The fourth-order valence-corrected chi connectivity index (χ4v) is 2.21. The van der Waals surface area contributed by atoms with Crippen LogP contribution in [-0.4, -0.2) is 23.5 Å². The summed E-state index contributed by atoms with van der Waals surface area (Å²) in [6.07, 6.45) is 2.77. The summed E-state index contributed by atoms with van der Waals surface area (Å²) in [5.41, 5.74) is 2.10. The minimum Gasteiger partial charge on any atom is -0.478 e. The first-order valence-corrected chi connectivity index (χ1v) is 5.74. The Balaban J connectivity index is 2.46. The normalized spacial score (nSPS) is 15.0. The first-order valence-electron chi connectivity index (χ1n) is 5.74. The number of anilines is 1. The van der Waals surface area contributed by atoms with Crippen molar-refractivity contribution < 1.29 is 14.7 Å². The van der Waals surface area contributed by atoms with Gasteiger partial charge in [-0.15, -0.1) is 0 Å². The Morgan fingerprint density at radius 3 is 2.71 bits per heavy atom. The molecule has 0 aromatic heterocycles. The number of carbonyl (C=O) groups is 2. The number of hydrogen-bond acceptors (Lipinski definition) is 2. The second kappa shape index (κ2) is 4.57. The van der Waals surface area contributed by atoms with Crippen LogP contribution in [0.15, 0.2) is 18.2 Å². The van der Waals surface area contributed by atoms with E-state index in [1.807, 2.05) is 0 Å². The van der Waals surface area contributed by atoms with Gasteiger partial charge in [0.15, 0.2) is 0 Å². The Morgan fingerprint density at radius 2 is 2.06 bits per heavy atom. The fraction of sp³-hybridized carbons (Fsp3) is 0.385. The van der Waals surface area contributed by atoms with Crippen molar-refractivity contribution in [1.29, 1.82) is 0 Å². The molecule has 0 fully saturated rings. The lowest BCUT2D eigenvalue weighted by molar-refractivity contribution is -0.116. The highest BCUT2D eigenvalue weighted by Gasteiger charge is 2.19. The van der Waals surface area contributed by atoms with Gasteiger partial charge in [-0.2, -0.15) is 0 Å². The first-order chi connectivity index (χ1) is 8.09. The van der Waals surface area contributed by atoms with E-state index >= 15 is 0 Å². The Labute approximate surface area is 99.9 Å². The molecule has 4 nitrogen and oxygen atoms in total. The highest BCUT2D eigenvalue weighted by Crippen LogP contribution is 2.27. The van der Waals surface area contributed by atoms with Crippen LogP contribution in [0.25, 0.3) is 0 Å². The molecule has 0 spiro atoms. The van der Waals surface area contributed by atoms with E-state index in [9.17, 15) is 9.59 Å². The Kier molecular flexibility index (Phi) is 3.13. The average Bonchev–Trinajstić information content (AvgIpc) is 2.49. The molecule has 1 aliphatic heterocycles. The second-order valence-corrected chi connectivity index (χ2v) is 4.28. The molecule has 2 rings (SSSR count). The number of carboxylic acids is 1. The molecule has 1 aromatic rings. The molecule has 1 aromatic carbocycles. The molecule has 17 heavy (non-hydrogen) atoms. The van der Waals surface area contributed by atoms with E-state index in [1.165, 1.54) is 0 Å². The zero-order chi connectivity index (χ0) is 12.4. The number of aryl methyl sites for hydroxylation is 1. The maximum Gasteiger partial charge on any atom is 0.335 e. The number of carbonyl (C=O) groups excluding carboxylic acids is 1. The van der Waals surface area contributed by atoms with Gasteiger partial charge in [0.2, 0.25) is 5.91 Å². The lowest BCUT2D eigenvalue weighted by Gasteiger charge is -2.21. The molecule has 90 valence electrons.